The number of fused-ring (bicyclic) bond motifs is 2. The number of hydrogen-bond donors (Lipinski definition) is 4. The van der Waals surface area contributed by atoms with Gasteiger partial charge in [0, 0.05) is 36.9 Å². The van der Waals surface area contributed by atoms with E-state index >= 15 is 0 Å². The van der Waals surface area contributed by atoms with Crippen molar-refractivity contribution in [3.63, 3.8) is 0 Å². The molecule has 2 atom stereocenters. The molecule has 2 aliphatic heterocycles. The van der Waals surface area contributed by atoms with Crippen molar-refractivity contribution in [2.24, 2.45) is 5.92 Å². The van der Waals surface area contributed by atoms with Crippen molar-refractivity contribution >= 4 is 23.3 Å². The maximum atomic E-state index is 12.3. The van der Waals surface area contributed by atoms with Gasteiger partial charge >= 0.3 is 6.03 Å². The van der Waals surface area contributed by atoms with Crippen LogP contribution in [0.25, 0.3) is 0 Å². The van der Waals surface area contributed by atoms with E-state index in [0.29, 0.717) is 35.8 Å². The normalized spacial score (nSPS) is 25.7. The molecule has 0 saturated carbocycles. The Hall–Kier alpha value is -2.08. The molecule has 2 aliphatic rings. The minimum Gasteiger partial charge on any atom is -0.341 e. The van der Waals surface area contributed by atoms with Crippen LogP contribution in [0, 0.1) is 5.92 Å². The third-order valence-corrected chi connectivity index (χ3v) is 4.68. The molecular weight excluding hydrogens is 292 g/mol. The lowest BCUT2D eigenvalue weighted by Crippen LogP contribution is -2.39. The highest BCUT2D eigenvalue weighted by Crippen LogP contribution is 2.32. The summed E-state index contributed by atoms with van der Waals surface area (Å²) in [6.07, 6.45) is 5.26. The van der Waals surface area contributed by atoms with Crippen molar-refractivity contribution in [2.45, 2.75) is 44.2 Å². The molecule has 2 saturated heterocycles. The summed E-state index contributed by atoms with van der Waals surface area (Å²) >= 11 is 0. The quantitative estimate of drug-likeness (QED) is 0.688. The van der Waals surface area contributed by atoms with Gasteiger partial charge in [0.15, 0.2) is 0 Å². The minimum atomic E-state index is -0.279. The van der Waals surface area contributed by atoms with E-state index in [1.807, 2.05) is 12.1 Å². The predicted molar refractivity (Wildman–Crippen MR) is 90.4 cm³/mol. The molecule has 2 unspecified atom stereocenters. The van der Waals surface area contributed by atoms with Crippen molar-refractivity contribution in [2.75, 3.05) is 17.7 Å². The van der Waals surface area contributed by atoms with Gasteiger partial charge in [-0.15, -0.1) is 0 Å². The van der Waals surface area contributed by atoms with Gasteiger partial charge in [-0.25, -0.2) is 4.79 Å². The first-order valence-corrected chi connectivity index (χ1v) is 8.27. The third-order valence-electron chi connectivity index (χ3n) is 4.68. The molecule has 124 valence electrons. The van der Waals surface area contributed by atoms with E-state index in [1.165, 1.54) is 12.8 Å². The lowest BCUT2D eigenvalue weighted by atomic mass is 9.89. The Morgan fingerprint density at radius 1 is 1.13 bits per heavy atom. The van der Waals surface area contributed by atoms with Gasteiger partial charge in [-0.1, -0.05) is 6.07 Å². The van der Waals surface area contributed by atoms with E-state index in [1.54, 1.807) is 19.2 Å². The maximum absolute atomic E-state index is 12.3. The molecule has 4 N–H and O–H groups in total. The summed E-state index contributed by atoms with van der Waals surface area (Å²) in [5, 5.41) is 11.7. The molecule has 23 heavy (non-hydrogen) atoms. The highest BCUT2D eigenvalue weighted by molar-refractivity contribution is 5.93. The largest absolute Gasteiger partial charge is 0.341 e. The molecule has 0 aliphatic carbocycles. The van der Waals surface area contributed by atoms with Crippen molar-refractivity contribution in [3.8, 4) is 0 Å². The summed E-state index contributed by atoms with van der Waals surface area (Å²) in [5.41, 5.74) is 1.36. The number of nitrogens with one attached hydrogen (secondary N) is 4. The number of rotatable bonds is 4. The van der Waals surface area contributed by atoms with E-state index in [4.69, 9.17) is 0 Å². The molecule has 2 fully saturated rings. The van der Waals surface area contributed by atoms with Gasteiger partial charge in [-0.3, -0.25) is 4.79 Å². The molecule has 0 aromatic heterocycles. The molecule has 1 aromatic rings. The number of piperidine rings is 1. The molecule has 0 spiro atoms. The monoisotopic (exact) mass is 316 g/mol. The molecule has 2 bridgehead atoms. The summed E-state index contributed by atoms with van der Waals surface area (Å²) in [6.45, 7) is 0. The van der Waals surface area contributed by atoms with Crippen LogP contribution in [0.1, 0.15) is 32.1 Å². The minimum absolute atomic E-state index is 0.0494. The predicted octanol–water partition coefficient (Wildman–Crippen LogP) is 2.30. The highest BCUT2D eigenvalue weighted by atomic mass is 16.2. The lowest BCUT2D eigenvalue weighted by molar-refractivity contribution is -0.117. The Bertz CT molecular complexity index is 578. The van der Waals surface area contributed by atoms with Crippen LogP contribution in [-0.4, -0.2) is 31.1 Å². The van der Waals surface area contributed by atoms with Gasteiger partial charge in [-0.2, -0.15) is 0 Å². The van der Waals surface area contributed by atoms with E-state index in [9.17, 15) is 9.59 Å². The summed E-state index contributed by atoms with van der Waals surface area (Å²) in [7, 11) is 1.56. The van der Waals surface area contributed by atoms with Crippen molar-refractivity contribution in [3.05, 3.63) is 24.3 Å². The fourth-order valence-corrected chi connectivity index (χ4v) is 3.68. The van der Waals surface area contributed by atoms with Crippen molar-refractivity contribution in [1.29, 1.82) is 0 Å². The van der Waals surface area contributed by atoms with E-state index in [2.05, 4.69) is 21.3 Å². The van der Waals surface area contributed by atoms with Crippen molar-refractivity contribution in [1.82, 2.24) is 10.6 Å². The Balaban J connectivity index is 1.53. The fraction of sp³-hybridized carbons (Fsp3) is 0.529. The number of hydrogen-bond acceptors (Lipinski definition) is 3. The van der Waals surface area contributed by atoms with Crippen LogP contribution in [0.2, 0.25) is 0 Å². The fourth-order valence-electron chi connectivity index (χ4n) is 3.68. The van der Waals surface area contributed by atoms with Crippen LogP contribution in [0.3, 0.4) is 0 Å². The SMILES string of the molecule is CNC(=O)Nc1cccc(NC(=O)CC2CC3CCC(C2)N3)c1. The standard InChI is InChI=1S/C17H24N4O2/c1-18-17(23)21-13-4-2-3-12(10-13)20-16(22)9-11-7-14-5-6-15(8-11)19-14/h2-4,10-11,14-15,19H,5-9H2,1H3,(H,20,22)(H2,18,21,23). The average molecular weight is 316 g/mol. The molecule has 0 radical (unpaired) electrons. The molecule has 3 rings (SSSR count). The third kappa shape index (κ3) is 4.22. The van der Waals surface area contributed by atoms with E-state index < -0.39 is 0 Å². The first kappa shape index (κ1) is 15.8. The second-order valence-corrected chi connectivity index (χ2v) is 6.51. The van der Waals surface area contributed by atoms with Gasteiger partial charge in [0.05, 0.1) is 0 Å². The Kier molecular flexibility index (Phi) is 4.81. The molecule has 1 aromatic carbocycles. The number of anilines is 2. The molecular formula is C17H24N4O2. The van der Waals surface area contributed by atoms with E-state index in [0.717, 1.165) is 12.8 Å². The maximum Gasteiger partial charge on any atom is 0.318 e. The summed E-state index contributed by atoms with van der Waals surface area (Å²) in [6, 6.07) is 8.12. The zero-order valence-electron chi connectivity index (χ0n) is 13.4. The number of carbonyl (C=O) groups is 2. The summed E-state index contributed by atoms with van der Waals surface area (Å²) in [5.74, 6) is 0.523. The lowest BCUT2D eigenvalue weighted by Gasteiger charge is -2.28. The van der Waals surface area contributed by atoms with Gasteiger partial charge in [0.2, 0.25) is 5.91 Å². The summed E-state index contributed by atoms with van der Waals surface area (Å²) < 4.78 is 0. The average Bonchev–Trinajstić information content (AvgIpc) is 2.86. The van der Waals surface area contributed by atoms with Crippen LogP contribution in [0.4, 0.5) is 16.2 Å². The Labute approximate surface area is 136 Å². The first-order valence-electron chi connectivity index (χ1n) is 8.27. The zero-order valence-corrected chi connectivity index (χ0v) is 13.4. The smallest absolute Gasteiger partial charge is 0.318 e. The van der Waals surface area contributed by atoms with Gasteiger partial charge in [0.1, 0.15) is 0 Å². The van der Waals surface area contributed by atoms with Crippen LogP contribution in [0.5, 0.6) is 0 Å². The van der Waals surface area contributed by atoms with Gasteiger partial charge in [-0.05, 0) is 49.8 Å². The van der Waals surface area contributed by atoms with Crippen LogP contribution >= 0.6 is 0 Å². The second kappa shape index (κ2) is 7.00. The molecule has 3 amide bonds. The van der Waals surface area contributed by atoms with Gasteiger partial charge < -0.3 is 21.3 Å². The molecule has 2 heterocycles. The van der Waals surface area contributed by atoms with Crippen molar-refractivity contribution < 1.29 is 9.59 Å². The van der Waals surface area contributed by atoms with Crippen LogP contribution in [0.15, 0.2) is 24.3 Å². The van der Waals surface area contributed by atoms with Gasteiger partial charge in [0.25, 0.3) is 0 Å². The number of benzene rings is 1. The first-order chi connectivity index (χ1) is 11.1. The number of urea groups is 1. The summed E-state index contributed by atoms with van der Waals surface area (Å²) in [4.78, 5) is 23.6. The highest BCUT2D eigenvalue weighted by Gasteiger charge is 2.34. The molecule has 6 heteroatoms. The Morgan fingerprint density at radius 3 is 2.43 bits per heavy atom. The molecule has 6 nitrogen and oxygen atoms in total. The second-order valence-electron chi connectivity index (χ2n) is 6.51. The van der Waals surface area contributed by atoms with Crippen LogP contribution in [-0.2, 0) is 4.79 Å². The number of carbonyl (C=O) groups excluding carboxylic acids is 2. The van der Waals surface area contributed by atoms with E-state index in [-0.39, 0.29) is 11.9 Å². The van der Waals surface area contributed by atoms with Crippen LogP contribution < -0.4 is 21.3 Å². The zero-order chi connectivity index (χ0) is 16.2. The Morgan fingerprint density at radius 2 is 1.78 bits per heavy atom. The topological polar surface area (TPSA) is 82.3 Å². The number of amides is 3.